The Kier molecular flexibility index (Phi) is 16.7. The van der Waals surface area contributed by atoms with Gasteiger partial charge in [0.2, 0.25) is 23.6 Å². The quantitative estimate of drug-likeness (QED) is 0.0725. The lowest BCUT2D eigenvalue weighted by Crippen LogP contribution is -2.57. The lowest BCUT2D eigenvalue weighted by atomic mass is 9.93. The van der Waals surface area contributed by atoms with Gasteiger partial charge in [-0.15, -0.1) is 0 Å². The van der Waals surface area contributed by atoms with Gasteiger partial charge in [0.15, 0.2) is 0 Å². The maximum atomic E-state index is 13.5. The molecule has 262 valence electrons. The monoisotopic (exact) mass is 684 g/mol. The van der Waals surface area contributed by atoms with Crippen LogP contribution in [0.4, 0.5) is 0 Å². The molecule has 14 heteroatoms. The zero-order chi connectivity index (χ0) is 34.7. The number of benzene rings is 2. The maximum absolute atomic E-state index is 13.5. The standard InChI is InChI=1S/C34H48N6O7S/c35-20-30(41)37-21-31(42)38-29(22-48)33(44)39-27(18-24-7-2-1-3-8-24)32(43)40-28(34(45)46)19-25-9-11-26(12-10-25)47-17-5-4-6-23-13-15-36-16-14-23/h1-3,7-12,23,27-29,36,48H,4-6,13-22,35H2,(H,37,41)(H,38,42)(H,39,44)(H,40,43)(H,45,46)/t27-,28-,29-/m0/s1. The van der Waals surface area contributed by atoms with Crippen LogP contribution in [-0.4, -0.2) is 91.4 Å². The number of carbonyl (C=O) groups excluding carboxylic acids is 4. The molecule has 48 heavy (non-hydrogen) atoms. The van der Waals surface area contributed by atoms with Crippen molar-refractivity contribution in [3.8, 4) is 5.75 Å². The summed E-state index contributed by atoms with van der Waals surface area (Å²) in [5.41, 5.74) is 6.63. The number of hydrogen-bond acceptors (Lipinski definition) is 9. The van der Waals surface area contributed by atoms with Gasteiger partial charge in [0, 0.05) is 18.6 Å². The first-order valence-corrected chi connectivity index (χ1v) is 17.0. The van der Waals surface area contributed by atoms with E-state index < -0.39 is 54.3 Å². The van der Waals surface area contributed by atoms with Gasteiger partial charge in [-0.25, -0.2) is 4.79 Å². The lowest BCUT2D eigenvalue weighted by molar-refractivity contribution is -0.142. The average molecular weight is 685 g/mol. The first-order valence-electron chi connectivity index (χ1n) is 16.3. The Labute approximate surface area is 286 Å². The second-order valence-electron chi connectivity index (χ2n) is 11.8. The summed E-state index contributed by atoms with van der Waals surface area (Å²) in [4.78, 5) is 62.5. The SMILES string of the molecule is NCC(=O)NCC(=O)N[C@@H](CS)C(=O)N[C@@H](Cc1ccccc1)C(=O)N[C@@H](Cc1ccc(OCCCCC2CCNCC2)cc1)C(=O)O. The predicted molar refractivity (Wildman–Crippen MR) is 185 cm³/mol. The molecule has 1 saturated heterocycles. The molecule has 0 aromatic heterocycles. The highest BCUT2D eigenvalue weighted by Crippen LogP contribution is 2.19. The normalized spacial score (nSPS) is 15.0. The summed E-state index contributed by atoms with van der Waals surface area (Å²) in [7, 11) is 0. The molecule has 3 atom stereocenters. The molecule has 1 heterocycles. The van der Waals surface area contributed by atoms with Crippen LogP contribution in [0, 0.1) is 5.92 Å². The number of nitrogens with two attached hydrogens (primary N) is 1. The van der Waals surface area contributed by atoms with Gasteiger partial charge in [0.1, 0.15) is 23.9 Å². The van der Waals surface area contributed by atoms with Gasteiger partial charge in [0.05, 0.1) is 19.7 Å². The van der Waals surface area contributed by atoms with Crippen molar-refractivity contribution in [3.05, 3.63) is 65.7 Å². The summed E-state index contributed by atoms with van der Waals surface area (Å²) in [6.07, 6.45) is 5.84. The van der Waals surface area contributed by atoms with E-state index in [0.717, 1.165) is 37.4 Å². The number of amides is 4. The third-order valence-corrected chi connectivity index (χ3v) is 8.46. The van der Waals surface area contributed by atoms with Gasteiger partial charge in [-0.05, 0) is 68.0 Å². The molecule has 0 unspecified atom stereocenters. The number of carbonyl (C=O) groups is 5. The topological polar surface area (TPSA) is 201 Å². The number of hydrogen-bond donors (Lipinski definition) is 8. The van der Waals surface area contributed by atoms with Crippen LogP contribution in [0.2, 0.25) is 0 Å². The number of unbranched alkanes of at least 4 members (excludes halogenated alkanes) is 1. The van der Waals surface area contributed by atoms with E-state index in [2.05, 4.69) is 39.2 Å². The predicted octanol–water partition coefficient (Wildman–Crippen LogP) is 0.564. The van der Waals surface area contributed by atoms with E-state index in [4.69, 9.17) is 10.5 Å². The van der Waals surface area contributed by atoms with Crippen LogP contribution < -0.4 is 37.1 Å². The minimum atomic E-state index is -1.28. The molecule has 1 fully saturated rings. The summed E-state index contributed by atoms with van der Waals surface area (Å²) >= 11 is 4.15. The van der Waals surface area contributed by atoms with Crippen molar-refractivity contribution in [2.24, 2.45) is 11.7 Å². The Hall–Kier alpha value is -4.14. The number of ether oxygens (including phenoxy) is 1. The molecule has 1 aliphatic rings. The van der Waals surface area contributed by atoms with Gasteiger partial charge < -0.3 is 42.2 Å². The molecule has 0 bridgehead atoms. The summed E-state index contributed by atoms with van der Waals surface area (Å²) < 4.78 is 5.88. The van der Waals surface area contributed by atoms with E-state index in [9.17, 15) is 29.1 Å². The van der Waals surface area contributed by atoms with Crippen molar-refractivity contribution >= 4 is 42.2 Å². The van der Waals surface area contributed by atoms with E-state index >= 15 is 0 Å². The molecule has 0 radical (unpaired) electrons. The average Bonchev–Trinajstić information content (AvgIpc) is 3.10. The van der Waals surface area contributed by atoms with Crippen molar-refractivity contribution in [3.63, 3.8) is 0 Å². The lowest BCUT2D eigenvalue weighted by Gasteiger charge is -2.24. The molecule has 1 aliphatic heterocycles. The van der Waals surface area contributed by atoms with Crippen LogP contribution in [0.15, 0.2) is 54.6 Å². The largest absolute Gasteiger partial charge is 0.494 e. The third kappa shape index (κ3) is 13.9. The number of aliphatic carboxylic acids is 1. The Morgan fingerprint density at radius 1 is 0.833 bits per heavy atom. The fourth-order valence-electron chi connectivity index (χ4n) is 5.35. The Bertz CT molecular complexity index is 1330. The van der Waals surface area contributed by atoms with Crippen molar-refractivity contribution in [2.75, 3.05) is 38.5 Å². The van der Waals surface area contributed by atoms with Gasteiger partial charge in [-0.3, -0.25) is 19.2 Å². The van der Waals surface area contributed by atoms with Crippen LogP contribution in [0.5, 0.6) is 5.75 Å². The van der Waals surface area contributed by atoms with Crippen molar-refractivity contribution in [2.45, 2.75) is 63.1 Å². The Balaban J connectivity index is 1.57. The maximum Gasteiger partial charge on any atom is 0.326 e. The highest BCUT2D eigenvalue weighted by molar-refractivity contribution is 7.80. The molecule has 3 rings (SSSR count). The van der Waals surface area contributed by atoms with E-state index in [1.807, 2.05) is 0 Å². The summed E-state index contributed by atoms with van der Waals surface area (Å²) in [5, 5.41) is 23.3. The summed E-state index contributed by atoms with van der Waals surface area (Å²) in [6, 6.07) is 12.5. The molecule has 0 saturated carbocycles. The third-order valence-electron chi connectivity index (χ3n) is 8.09. The van der Waals surface area contributed by atoms with Crippen LogP contribution in [0.25, 0.3) is 0 Å². The Morgan fingerprint density at radius 3 is 2.10 bits per heavy atom. The number of piperidine rings is 1. The number of nitrogens with one attached hydrogen (secondary N) is 5. The van der Waals surface area contributed by atoms with Crippen molar-refractivity contribution < 1.29 is 33.8 Å². The van der Waals surface area contributed by atoms with Crippen molar-refractivity contribution in [1.29, 1.82) is 0 Å². The highest BCUT2D eigenvalue weighted by atomic mass is 32.1. The van der Waals surface area contributed by atoms with E-state index in [0.29, 0.717) is 17.9 Å². The van der Waals surface area contributed by atoms with E-state index in [1.165, 1.54) is 19.3 Å². The van der Waals surface area contributed by atoms with E-state index in [-0.39, 0.29) is 25.1 Å². The molecule has 13 nitrogen and oxygen atoms in total. The fraction of sp³-hybridized carbons (Fsp3) is 0.500. The summed E-state index contributed by atoms with van der Waals surface area (Å²) in [5.74, 6) is -2.45. The van der Waals surface area contributed by atoms with Gasteiger partial charge in [-0.1, -0.05) is 48.9 Å². The minimum absolute atomic E-state index is 0.00739. The second kappa shape index (κ2) is 21.0. The second-order valence-corrected chi connectivity index (χ2v) is 12.2. The fourth-order valence-corrected chi connectivity index (χ4v) is 5.60. The van der Waals surface area contributed by atoms with E-state index in [1.54, 1.807) is 54.6 Å². The van der Waals surface area contributed by atoms with Gasteiger partial charge in [0.25, 0.3) is 0 Å². The van der Waals surface area contributed by atoms with Gasteiger partial charge >= 0.3 is 5.97 Å². The molecule has 8 N–H and O–H groups in total. The molecule has 2 aromatic carbocycles. The zero-order valence-corrected chi connectivity index (χ0v) is 28.0. The van der Waals surface area contributed by atoms with Crippen LogP contribution >= 0.6 is 12.6 Å². The number of thiol groups is 1. The summed E-state index contributed by atoms with van der Waals surface area (Å²) in [6.45, 7) is 2.12. The number of carboxylic acid groups (broad SMARTS) is 1. The molecule has 0 spiro atoms. The number of rotatable bonds is 20. The minimum Gasteiger partial charge on any atom is -0.494 e. The number of carboxylic acids is 1. The molecule has 2 aromatic rings. The molecular weight excluding hydrogens is 636 g/mol. The van der Waals surface area contributed by atoms with Crippen LogP contribution in [0.1, 0.15) is 43.2 Å². The van der Waals surface area contributed by atoms with Crippen LogP contribution in [0.3, 0.4) is 0 Å². The molecule has 4 amide bonds. The van der Waals surface area contributed by atoms with Crippen molar-refractivity contribution in [1.82, 2.24) is 26.6 Å². The first kappa shape index (κ1) is 38.3. The molecular formula is C34H48N6O7S. The van der Waals surface area contributed by atoms with Crippen LogP contribution in [-0.2, 0) is 36.8 Å². The highest BCUT2D eigenvalue weighted by Gasteiger charge is 2.29. The zero-order valence-electron chi connectivity index (χ0n) is 27.1. The Morgan fingerprint density at radius 2 is 1.46 bits per heavy atom. The van der Waals surface area contributed by atoms with Gasteiger partial charge in [-0.2, -0.15) is 12.6 Å². The smallest absolute Gasteiger partial charge is 0.326 e. The first-order chi connectivity index (χ1) is 23.2. The molecule has 0 aliphatic carbocycles.